The average molecular weight is 281 g/mol. The molecule has 1 heterocycles. The quantitative estimate of drug-likeness (QED) is 0.365. The van der Waals surface area contributed by atoms with Gasteiger partial charge in [0.25, 0.3) is 5.69 Å². The molecule has 7 nitrogen and oxygen atoms in total. The minimum absolute atomic E-state index is 0.0920. The second kappa shape index (κ2) is 7.06. The molecule has 0 spiro atoms. The first-order valence-corrected chi connectivity index (χ1v) is 6.63. The Morgan fingerprint density at radius 2 is 2.15 bits per heavy atom. The summed E-state index contributed by atoms with van der Waals surface area (Å²) < 4.78 is 10.8. The predicted molar refractivity (Wildman–Crippen MR) is 74.9 cm³/mol. The number of rotatable bonds is 6. The number of benzene rings is 1. The lowest BCUT2D eigenvalue weighted by molar-refractivity contribution is -0.383. The van der Waals surface area contributed by atoms with Gasteiger partial charge in [0, 0.05) is 31.8 Å². The van der Waals surface area contributed by atoms with Crippen LogP contribution in [0.4, 0.5) is 11.4 Å². The lowest BCUT2D eigenvalue weighted by atomic mass is 10.2. The molecule has 1 aliphatic rings. The van der Waals surface area contributed by atoms with Gasteiger partial charge in [0.05, 0.1) is 24.7 Å². The van der Waals surface area contributed by atoms with Crippen molar-refractivity contribution in [2.75, 3.05) is 45.2 Å². The summed E-state index contributed by atoms with van der Waals surface area (Å²) >= 11 is 0. The molecule has 0 bridgehead atoms. The van der Waals surface area contributed by atoms with Crippen LogP contribution in [0, 0.1) is 10.1 Å². The summed E-state index contributed by atoms with van der Waals surface area (Å²) in [5, 5.41) is 10.6. The van der Waals surface area contributed by atoms with Crippen molar-refractivity contribution in [3.63, 3.8) is 0 Å². The van der Waals surface area contributed by atoms with Crippen LogP contribution in [-0.2, 0) is 4.74 Å². The van der Waals surface area contributed by atoms with E-state index in [2.05, 4.69) is 4.90 Å². The molecule has 1 aromatic carbocycles. The van der Waals surface area contributed by atoms with E-state index < -0.39 is 4.92 Å². The molecule has 0 aliphatic carbocycles. The van der Waals surface area contributed by atoms with E-state index in [1.807, 2.05) is 0 Å². The zero-order chi connectivity index (χ0) is 14.4. The molecule has 0 saturated carbocycles. The fourth-order valence-corrected chi connectivity index (χ4v) is 2.09. The lowest BCUT2D eigenvalue weighted by Crippen LogP contribution is -2.37. The smallest absolute Gasteiger partial charge is 0.292 e. The summed E-state index contributed by atoms with van der Waals surface area (Å²) in [4.78, 5) is 12.5. The molecule has 0 unspecified atom stereocenters. The maximum atomic E-state index is 10.6. The maximum absolute atomic E-state index is 10.6. The van der Waals surface area contributed by atoms with Crippen molar-refractivity contribution in [2.24, 2.45) is 0 Å². The largest absolute Gasteiger partial charge is 0.493 e. The molecule has 2 N–H and O–H groups in total. The Hall–Kier alpha value is -1.86. The van der Waals surface area contributed by atoms with Crippen molar-refractivity contribution < 1.29 is 14.4 Å². The highest BCUT2D eigenvalue weighted by molar-refractivity contribution is 5.60. The van der Waals surface area contributed by atoms with Gasteiger partial charge in [0.15, 0.2) is 0 Å². The number of ether oxygens (including phenoxy) is 2. The van der Waals surface area contributed by atoms with Gasteiger partial charge >= 0.3 is 0 Å². The first-order chi connectivity index (χ1) is 9.66. The van der Waals surface area contributed by atoms with E-state index in [-0.39, 0.29) is 11.4 Å². The Bertz CT molecular complexity index is 461. The Balaban J connectivity index is 1.73. The van der Waals surface area contributed by atoms with Crippen molar-refractivity contribution in [1.29, 1.82) is 0 Å². The fourth-order valence-electron chi connectivity index (χ4n) is 2.09. The molecule has 1 fully saturated rings. The normalized spacial score (nSPS) is 16.0. The van der Waals surface area contributed by atoms with Crippen LogP contribution in [-0.4, -0.2) is 49.3 Å². The van der Waals surface area contributed by atoms with Crippen molar-refractivity contribution >= 4 is 11.4 Å². The highest BCUT2D eigenvalue weighted by Crippen LogP contribution is 2.25. The number of hydrogen-bond donors (Lipinski definition) is 1. The Labute approximate surface area is 117 Å². The summed E-state index contributed by atoms with van der Waals surface area (Å²) in [6.07, 6.45) is 0.900. The number of nitrogen functional groups attached to an aromatic ring is 1. The van der Waals surface area contributed by atoms with Crippen molar-refractivity contribution in [1.82, 2.24) is 4.90 Å². The molecule has 1 aliphatic heterocycles. The van der Waals surface area contributed by atoms with Gasteiger partial charge in [-0.2, -0.15) is 0 Å². The zero-order valence-corrected chi connectivity index (χ0v) is 11.3. The fraction of sp³-hybridized carbons (Fsp3) is 0.538. The Morgan fingerprint density at radius 3 is 2.80 bits per heavy atom. The maximum Gasteiger partial charge on any atom is 0.292 e. The monoisotopic (exact) mass is 281 g/mol. The van der Waals surface area contributed by atoms with Crippen LogP contribution in [0.25, 0.3) is 0 Å². The molecule has 7 heteroatoms. The molecule has 1 aromatic rings. The lowest BCUT2D eigenvalue weighted by Gasteiger charge is -2.26. The summed E-state index contributed by atoms with van der Waals surface area (Å²) in [6, 6.07) is 4.43. The van der Waals surface area contributed by atoms with Gasteiger partial charge in [-0.1, -0.05) is 0 Å². The number of hydrogen-bond acceptors (Lipinski definition) is 6. The van der Waals surface area contributed by atoms with E-state index in [0.717, 1.165) is 39.3 Å². The second-order valence-electron chi connectivity index (χ2n) is 4.63. The van der Waals surface area contributed by atoms with E-state index in [9.17, 15) is 10.1 Å². The van der Waals surface area contributed by atoms with Crippen LogP contribution < -0.4 is 10.5 Å². The van der Waals surface area contributed by atoms with Gasteiger partial charge in [-0.3, -0.25) is 15.0 Å². The minimum atomic E-state index is -0.502. The summed E-state index contributed by atoms with van der Waals surface area (Å²) in [6.45, 7) is 5.04. The van der Waals surface area contributed by atoms with Crippen LogP contribution in [0.2, 0.25) is 0 Å². The van der Waals surface area contributed by atoms with E-state index in [4.69, 9.17) is 15.2 Å². The Morgan fingerprint density at radius 1 is 1.40 bits per heavy atom. The third-order valence-electron chi connectivity index (χ3n) is 3.19. The number of nitrogens with two attached hydrogens (primary N) is 1. The van der Waals surface area contributed by atoms with Gasteiger partial charge in [-0.05, 0) is 12.5 Å². The van der Waals surface area contributed by atoms with Crippen LogP contribution in [0.15, 0.2) is 18.2 Å². The SMILES string of the molecule is Nc1cc(OCCCN2CCOCC2)ccc1[N+](=O)[O-]. The highest BCUT2D eigenvalue weighted by atomic mass is 16.6. The zero-order valence-electron chi connectivity index (χ0n) is 11.3. The number of anilines is 1. The predicted octanol–water partition coefficient (Wildman–Crippen LogP) is 1.28. The molecule has 20 heavy (non-hydrogen) atoms. The highest BCUT2D eigenvalue weighted by Gasteiger charge is 2.12. The molecule has 0 aromatic heterocycles. The van der Waals surface area contributed by atoms with Crippen LogP contribution in [0.5, 0.6) is 5.75 Å². The first kappa shape index (κ1) is 14.5. The minimum Gasteiger partial charge on any atom is -0.493 e. The van der Waals surface area contributed by atoms with Crippen molar-refractivity contribution in [2.45, 2.75) is 6.42 Å². The number of nitro benzene ring substituents is 1. The van der Waals surface area contributed by atoms with Crippen molar-refractivity contribution in [3.05, 3.63) is 28.3 Å². The molecule has 0 radical (unpaired) electrons. The third kappa shape index (κ3) is 4.07. The van der Waals surface area contributed by atoms with Gasteiger partial charge in [-0.15, -0.1) is 0 Å². The molecule has 0 atom stereocenters. The van der Waals surface area contributed by atoms with Gasteiger partial charge < -0.3 is 15.2 Å². The van der Waals surface area contributed by atoms with Crippen LogP contribution in [0.1, 0.15) is 6.42 Å². The van der Waals surface area contributed by atoms with Gasteiger partial charge in [0.2, 0.25) is 0 Å². The van der Waals surface area contributed by atoms with Crippen LogP contribution >= 0.6 is 0 Å². The first-order valence-electron chi connectivity index (χ1n) is 6.63. The van der Waals surface area contributed by atoms with E-state index in [1.54, 1.807) is 6.07 Å². The molecule has 1 saturated heterocycles. The summed E-state index contributed by atoms with van der Waals surface area (Å²) in [5.41, 5.74) is 5.63. The Kier molecular flexibility index (Phi) is 5.14. The number of morpholine rings is 1. The van der Waals surface area contributed by atoms with Gasteiger partial charge in [0.1, 0.15) is 11.4 Å². The summed E-state index contributed by atoms with van der Waals surface area (Å²) in [5.74, 6) is 0.565. The average Bonchev–Trinajstić information content (AvgIpc) is 2.44. The molecule has 110 valence electrons. The second-order valence-corrected chi connectivity index (χ2v) is 4.63. The van der Waals surface area contributed by atoms with Gasteiger partial charge in [-0.25, -0.2) is 0 Å². The standard InChI is InChI=1S/C13H19N3O4/c14-12-10-11(2-3-13(12)16(17)18)20-7-1-4-15-5-8-19-9-6-15/h2-3,10H,1,4-9,14H2. The number of nitro groups is 1. The van der Waals surface area contributed by atoms with Crippen LogP contribution in [0.3, 0.4) is 0 Å². The van der Waals surface area contributed by atoms with E-state index in [0.29, 0.717) is 12.4 Å². The molecule has 0 amide bonds. The molecule has 2 rings (SSSR count). The summed E-state index contributed by atoms with van der Waals surface area (Å²) in [7, 11) is 0. The topological polar surface area (TPSA) is 90.9 Å². The number of nitrogens with zero attached hydrogens (tertiary/aromatic N) is 2. The van der Waals surface area contributed by atoms with E-state index >= 15 is 0 Å². The van der Waals surface area contributed by atoms with E-state index in [1.165, 1.54) is 12.1 Å². The third-order valence-corrected chi connectivity index (χ3v) is 3.19. The molecular weight excluding hydrogens is 262 g/mol. The molecular formula is C13H19N3O4. The van der Waals surface area contributed by atoms with Crippen molar-refractivity contribution in [3.8, 4) is 5.75 Å².